The summed E-state index contributed by atoms with van der Waals surface area (Å²) < 4.78 is 0. The lowest BCUT2D eigenvalue weighted by atomic mass is 10.1. The molecule has 0 bridgehead atoms. The Morgan fingerprint density at radius 1 is 1.17 bits per heavy atom. The molecule has 3 nitrogen and oxygen atoms in total. The first kappa shape index (κ1) is 11.6. The van der Waals surface area contributed by atoms with Crippen LogP contribution in [0.25, 0.3) is 5.70 Å². The molecule has 2 aromatic rings. The summed E-state index contributed by atoms with van der Waals surface area (Å²) in [6.07, 6.45) is 1.49. The minimum absolute atomic E-state index is 0.483. The molecule has 90 valence electrons. The van der Waals surface area contributed by atoms with Crippen molar-refractivity contribution >= 4 is 34.7 Å². The third-order valence-corrected chi connectivity index (χ3v) is 3.93. The Hall–Kier alpha value is -1.52. The van der Waals surface area contributed by atoms with Crippen LogP contribution in [0.5, 0.6) is 0 Å². The normalized spacial score (nSPS) is 14.1. The van der Waals surface area contributed by atoms with Gasteiger partial charge in [0.1, 0.15) is 17.0 Å². The molecule has 2 heterocycles. The maximum atomic E-state index is 6.16. The zero-order valence-corrected chi connectivity index (χ0v) is 11.2. The van der Waals surface area contributed by atoms with Crippen molar-refractivity contribution in [1.29, 1.82) is 0 Å². The molecule has 0 saturated carbocycles. The summed E-state index contributed by atoms with van der Waals surface area (Å²) in [6, 6.07) is 10.2. The fourth-order valence-corrected chi connectivity index (χ4v) is 3.18. The molecule has 3 rings (SSSR count). The summed E-state index contributed by atoms with van der Waals surface area (Å²) in [5.41, 5.74) is 3.12. The fourth-order valence-electron chi connectivity index (χ4n) is 1.89. The first-order valence-corrected chi connectivity index (χ1v) is 6.69. The first-order valence-electron chi connectivity index (χ1n) is 5.44. The van der Waals surface area contributed by atoms with Gasteiger partial charge in [0, 0.05) is 12.5 Å². The Kier molecular flexibility index (Phi) is 2.97. The number of benzene rings is 1. The molecule has 0 amide bonds. The predicted octanol–water partition coefficient (Wildman–Crippen LogP) is 3.67. The predicted molar refractivity (Wildman–Crippen MR) is 75.7 cm³/mol. The Bertz CT molecular complexity index is 613. The van der Waals surface area contributed by atoms with Crippen LogP contribution in [0.3, 0.4) is 0 Å². The van der Waals surface area contributed by atoms with Gasteiger partial charge in [0.25, 0.3) is 0 Å². The van der Waals surface area contributed by atoms with E-state index in [4.69, 9.17) is 11.6 Å². The lowest BCUT2D eigenvalue weighted by molar-refractivity contribution is 1.01. The number of hydrogen-bond acceptors (Lipinski definition) is 4. The summed E-state index contributed by atoms with van der Waals surface area (Å²) in [5.74, 6) is 0. The number of thioether (sulfide) groups is 1. The van der Waals surface area contributed by atoms with Crippen LogP contribution >= 0.6 is 23.4 Å². The van der Waals surface area contributed by atoms with Crippen molar-refractivity contribution in [2.45, 2.75) is 5.03 Å². The zero-order chi connectivity index (χ0) is 12.5. The molecule has 18 heavy (non-hydrogen) atoms. The van der Waals surface area contributed by atoms with Gasteiger partial charge >= 0.3 is 0 Å². The van der Waals surface area contributed by atoms with Crippen LogP contribution in [0.4, 0.5) is 5.69 Å². The van der Waals surface area contributed by atoms with E-state index in [1.54, 1.807) is 11.8 Å². The van der Waals surface area contributed by atoms with Crippen molar-refractivity contribution in [2.24, 2.45) is 0 Å². The average Bonchev–Trinajstić information content (AvgIpc) is 2.40. The van der Waals surface area contributed by atoms with Gasteiger partial charge < -0.3 is 4.90 Å². The smallest absolute Gasteiger partial charge is 0.157 e. The van der Waals surface area contributed by atoms with Crippen LogP contribution in [0.2, 0.25) is 5.15 Å². The number of halogens is 1. The van der Waals surface area contributed by atoms with Crippen LogP contribution in [0.15, 0.2) is 47.1 Å². The lowest BCUT2D eigenvalue weighted by Gasteiger charge is -2.28. The molecule has 0 N–H and O–H groups in total. The molecule has 1 aromatic heterocycles. The van der Waals surface area contributed by atoms with Crippen LogP contribution in [-0.2, 0) is 0 Å². The Morgan fingerprint density at radius 2 is 1.94 bits per heavy atom. The van der Waals surface area contributed by atoms with E-state index in [1.165, 1.54) is 6.33 Å². The van der Waals surface area contributed by atoms with E-state index in [2.05, 4.69) is 27.5 Å². The van der Waals surface area contributed by atoms with Gasteiger partial charge in [-0.05, 0) is 5.56 Å². The van der Waals surface area contributed by atoms with E-state index in [9.17, 15) is 0 Å². The number of aromatic nitrogens is 2. The molecule has 0 fully saturated rings. The van der Waals surface area contributed by atoms with Crippen molar-refractivity contribution in [2.75, 3.05) is 11.9 Å². The highest BCUT2D eigenvalue weighted by Gasteiger charge is 2.22. The molecular formula is C13H10ClN3S. The van der Waals surface area contributed by atoms with Gasteiger partial charge in [-0.2, -0.15) is 0 Å². The molecule has 0 aliphatic carbocycles. The number of nitrogens with zero attached hydrogens (tertiary/aromatic N) is 3. The maximum absolute atomic E-state index is 6.16. The number of hydrogen-bond donors (Lipinski definition) is 0. The summed E-state index contributed by atoms with van der Waals surface area (Å²) in [6.45, 7) is 0. The third-order valence-electron chi connectivity index (χ3n) is 2.79. The summed E-state index contributed by atoms with van der Waals surface area (Å²) >= 11 is 7.73. The summed E-state index contributed by atoms with van der Waals surface area (Å²) in [7, 11) is 1.98. The van der Waals surface area contributed by atoms with Gasteiger partial charge in [-0.15, -0.1) is 0 Å². The van der Waals surface area contributed by atoms with E-state index >= 15 is 0 Å². The van der Waals surface area contributed by atoms with Gasteiger partial charge in [0.05, 0.1) is 5.70 Å². The van der Waals surface area contributed by atoms with E-state index in [-0.39, 0.29) is 0 Å². The van der Waals surface area contributed by atoms with E-state index in [0.29, 0.717) is 5.15 Å². The van der Waals surface area contributed by atoms with Crippen LogP contribution < -0.4 is 4.90 Å². The van der Waals surface area contributed by atoms with Crippen molar-refractivity contribution in [1.82, 2.24) is 9.97 Å². The van der Waals surface area contributed by atoms with Gasteiger partial charge in [-0.1, -0.05) is 53.7 Å². The van der Waals surface area contributed by atoms with E-state index < -0.39 is 0 Å². The van der Waals surface area contributed by atoms with Crippen LogP contribution in [-0.4, -0.2) is 17.0 Å². The van der Waals surface area contributed by atoms with Gasteiger partial charge in [0.15, 0.2) is 5.15 Å². The molecule has 1 aliphatic rings. The molecule has 0 atom stereocenters. The van der Waals surface area contributed by atoms with Crippen LogP contribution in [0.1, 0.15) is 5.56 Å². The molecule has 0 unspecified atom stereocenters. The van der Waals surface area contributed by atoms with Crippen molar-refractivity contribution in [3.8, 4) is 0 Å². The van der Waals surface area contributed by atoms with Crippen molar-refractivity contribution in [3.63, 3.8) is 0 Å². The van der Waals surface area contributed by atoms with E-state index in [0.717, 1.165) is 22.0 Å². The monoisotopic (exact) mass is 275 g/mol. The Labute approximate surface area is 115 Å². The molecule has 1 aliphatic heterocycles. The molecule has 0 saturated heterocycles. The standard InChI is InChI=1S/C13H10ClN3S/c1-17-10(9-5-3-2-4-6-9)7-18-13-11(17)12(14)15-8-16-13/h2-8H,1H3. The van der Waals surface area contributed by atoms with Gasteiger partial charge in [0.2, 0.25) is 0 Å². The lowest BCUT2D eigenvalue weighted by Crippen LogP contribution is -2.19. The molecule has 0 radical (unpaired) electrons. The topological polar surface area (TPSA) is 29.0 Å². The summed E-state index contributed by atoms with van der Waals surface area (Å²) in [5, 5.41) is 3.45. The Balaban J connectivity index is 2.08. The highest BCUT2D eigenvalue weighted by molar-refractivity contribution is 8.02. The zero-order valence-electron chi connectivity index (χ0n) is 9.67. The number of fused-ring (bicyclic) bond motifs is 1. The highest BCUT2D eigenvalue weighted by atomic mass is 35.5. The average molecular weight is 276 g/mol. The Morgan fingerprint density at radius 3 is 2.72 bits per heavy atom. The quantitative estimate of drug-likeness (QED) is 0.743. The number of anilines is 1. The first-order chi connectivity index (χ1) is 8.77. The van der Waals surface area contributed by atoms with Crippen LogP contribution in [0, 0.1) is 0 Å². The largest absolute Gasteiger partial charge is 0.339 e. The minimum atomic E-state index is 0.483. The van der Waals surface area contributed by atoms with E-state index in [1.807, 2.05) is 30.1 Å². The van der Waals surface area contributed by atoms with Gasteiger partial charge in [-0.3, -0.25) is 0 Å². The van der Waals surface area contributed by atoms with Crippen molar-refractivity contribution in [3.05, 3.63) is 52.8 Å². The fraction of sp³-hybridized carbons (Fsp3) is 0.0769. The highest BCUT2D eigenvalue weighted by Crippen LogP contribution is 2.42. The molecule has 1 aromatic carbocycles. The minimum Gasteiger partial charge on any atom is -0.339 e. The molecular weight excluding hydrogens is 266 g/mol. The van der Waals surface area contributed by atoms with Gasteiger partial charge in [-0.25, -0.2) is 9.97 Å². The second kappa shape index (κ2) is 4.63. The summed E-state index contributed by atoms with van der Waals surface area (Å²) in [4.78, 5) is 10.3. The SMILES string of the molecule is CN1C(c2ccccc2)=CSc2ncnc(Cl)c21. The second-order valence-corrected chi connectivity index (χ2v) is 5.08. The maximum Gasteiger partial charge on any atom is 0.157 e. The number of rotatable bonds is 1. The van der Waals surface area contributed by atoms with Crippen molar-refractivity contribution < 1.29 is 0 Å². The molecule has 0 spiro atoms. The second-order valence-electron chi connectivity index (χ2n) is 3.86. The third kappa shape index (κ3) is 1.87. The molecule has 5 heteroatoms.